The number of benzene rings is 1. The van der Waals surface area contributed by atoms with E-state index in [0.717, 1.165) is 56.4 Å². The van der Waals surface area contributed by atoms with Gasteiger partial charge in [-0.3, -0.25) is 4.68 Å². The van der Waals surface area contributed by atoms with Crippen molar-refractivity contribution < 1.29 is 9.47 Å². The molecule has 1 aromatic carbocycles. The van der Waals surface area contributed by atoms with E-state index in [2.05, 4.69) is 60.9 Å². The highest BCUT2D eigenvalue weighted by Crippen LogP contribution is 2.24. The van der Waals surface area contributed by atoms with Crippen molar-refractivity contribution in [3.63, 3.8) is 0 Å². The minimum atomic E-state index is 0. The Morgan fingerprint density at radius 2 is 2.17 bits per heavy atom. The molecule has 0 amide bonds. The van der Waals surface area contributed by atoms with Gasteiger partial charge in [0.25, 0.3) is 0 Å². The van der Waals surface area contributed by atoms with Crippen molar-refractivity contribution >= 4 is 29.9 Å². The number of ether oxygens (including phenoxy) is 2. The third-order valence-corrected chi connectivity index (χ3v) is 4.77. The van der Waals surface area contributed by atoms with Crippen molar-refractivity contribution in [2.45, 2.75) is 52.8 Å². The van der Waals surface area contributed by atoms with Crippen molar-refractivity contribution in [1.29, 1.82) is 0 Å². The number of halogens is 1. The molecule has 1 fully saturated rings. The van der Waals surface area contributed by atoms with E-state index in [1.54, 1.807) is 0 Å². The summed E-state index contributed by atoms with van der Waals surface area (Å²) in [6.45, 7) is 10.8. The van der Waals surface area contributed by atoms with Gasteiger partial charge in [-0.15, -0.1) is 24.0 Å². The molecule has 1 aromatic heterocycles. The summed E-state index contributed by atoms with van der Waals surface area (Å²) >= 11 is 0. The first-order valence-corrected chi connectivity index (χ1v) is 10.5. The highest BCUT2D eigenvalue weighted by atomic mass is 127. The van der Waals surface area contributed by atoms with Crippen molar-refractivity contribution in [3.8, 4) is 5.75 Å². The van der Waals surface area contributed by atoms with Gasteiger partial charge in [0.05, 0.1) is 26.0 Å². The van der Waals surface area contributed by atoms with Crippen LogP contribution in [0.1, 0.15) is 36.5 Å². The first-order valence-electron chi connectivity index (χ1n) is 10.5. The van der Waals surface area contributed by atoms with E-state index in [4.69, 9.17) is 14.5 Å². The first-order chi connectivity index (χ1) is 14.1. The molecule has 0 aliphatic carbocycles. The highest BCUT2D eigenvalue weighted by Gasteiger charge is 2.18. The number of nitrogens with zero attached hydrogens (tertiary/aromatic N) is 3. The minimum Gasteiger partial charge on any atom is -0.488 e. The molecule has 1 unspecified atom stereocenters. The SMILES string of the molecule is CCNC(=NCc1ccc(C)cc1OC1CCOC1)NCCCn1cc(C)cn1.I. The van der Waals surface area contributed by atoms with Crippen LogP contribution in [0.2, 0.25) is 0 Å². The number of aliphatic imine (C=N–C) groups is 1. The Morgan fingerprint density at radius 1 is 1.30 bits per heavy atom. The maximum absolute atomic E-state index is 6.18. The van der Waals surface area contributed by atoms with Gasteiger partial charge >= 0.3 is 0 Å². The van der Waals surface area contributed by atoms with E-state index < -0.39 is 0 Å². The topological polar surface area (TPSA) is 72.7 Å². The zero-order chi connectivity index (χ0) is 20.5. The van der Waals surface area contributed by atoms with Crippen LogP contribution < -0.4 is 15.4 Å². The van der Waals surface area contributed by atoms with Crippen LogP contribution in [0, 0.1) is 13.8 Å². The second kappa shape index (κ2) is 12.8. The van der Waals surface area contributed by atoms with Crippen LogP contribution in [0.4, 0.5) is 0 Å². The van der Waals surface area contributed by atoms with Gasteiger partial charge in [0.2, 0.25) is 0 Å². The summed E-state index contributed by atoms with van der Waals surface area (Å²) < 4.78 is 13.6. The van der Waals surface area contributed by atoms with Crippen LogP contribution in [0.15, 0.2) is 35.6 Å². The fourth-order valence-corrected chi connectivity index (χ4v) is 3.23. The van der Waals surface area contributed by atoms with Crippen LogP contribution >= 0.6 is 24.0 Å². The molecule has 0 bridgehead atoms. The van der Waals surface area contributed by atoms with E-state index in [-0.39, 0.29) is 30.1 Å². The summed E-state index contributed by atoms with van der Waals surface area (Å²) in [5.74, 6) is 1.73. The maximum atomic E-state index is 6.18. The van der Waals surface area contributed by atoms with E-state index in [1.165, 1.54) is 11.1 Å². The van der Waals surface area contributed by atoms with Gasteiger partial charge in [-0.05, 0) is 44.4 Å². The molecule has 1 atom stereocenters. The minimum absolute atomic E-state index is 0. The molecule has 1 aliphatic rings. The van der Waals surface area contributed by atoms with E-state index >= 15 is 0 Å². The molecule has 7 nitrogen and oxygen atoms in total. The molecule has 3 rings (SSSR count). The molecule has 1 saturated heterocycles. The molecule has 30 heavy (non-hydrogen) atoms. The molecule has 2 aromatic rings. The second-order valence-electron chi connectivity index (χ2n) is 7.47. The predicted octanol–water partition coefficient (Wildman–Crippen LogP) is 3.43. The molecule has 2 N–H and O–H groups in total. The lowest BCUT2D eigenvalue weighted by atomic mass is 10.1. The summed E-state index contributed by atoms with van der Waals surface area (Å²) in [5, 5.41) is 11.0. The molecule has 8 heteroatoms. The van der Waals surface area contributed by atoms with Crippen molar-refractivity contribution in [2.75, 3.05) is 26.3 Å². The van der Waals surface area contributed by atoms with Gasteiger partial charge in [-0.25, -0.2) is 4.99 Å². The van der Waals surface area contributed by atoms with Crippen molar-refractivity contribution in [1.82, 2.24) is 20.4 Å². The Balaban J connectivity index is 0.00000320. The zero-order valence-corrected chi connectivity index (χ0v) is 20.5. The smallest absolute Gasteiger partial charge is 0.191 e. The summed E-state index contributed by atoms with van der Waals surface area (Å²) in [7, 11) is 0. The van der Waals surface area contributed by atoms with Gasteiger partial charge in [0.1, 0.15) is 11.9 Å². The number of aromatic nitrogens is 2. The molecule has 2 heterocycles. The molecule has 166 valence electrons. The number of rotatable bonds is 9. The lowest BCUT2D eigenvalue weighted by molar-refractivity contribution is 0.140. The number of guanidine groups is 1. The van der Waals surface area contributed by atoms with Gasteiger partial charge in [-0.2, -0.15) is 5.10 Å². The molecular weight excluding hydrogens is 493 g/mol. The number of hydrogen-bond acceptors (Lipinski definition) is 4. The normalized spacial score (nSPS) is 16.2. The van der Waals surface area contributed by atoms with Crippen LogP contribution in [0.3, 0.4) is 0 Å². The molecule has 0 saturated carbocycles. The number of aryl methyl sites for hydroxylation is 3. The summed E-state index contributed by atoms with van der Waals surface area (Å²) in [6.07, 6.45) is 6.01. The predicted molar refractivity (Wildman–Crippen MR) is 131 cm³/mol. The fraction of sp³-hybridized carbons (Fsp3) is 0.545. The zero-order valence-electron chi connectivity index (χ0n) is 18.2. The highest BCUT2D eigenvalue weighted by molar-refractivity contribution is 14.0. The summed E-state index contributed by atoms with van der Waals surface area (Å²) in [4.78, 5) is 4.76. The lowest BCUT2D eigenvalue weighted by Gasteiger charge is -2.16. The lowest BCUT2D eigenvalue weighted by Crippen LogP contribution is -2.38. The second-order valence-corrected chi connectivity index (χ2v) is 7.47. The largest absolute Gasteiger partial charge is 0.488 e. The van der Waals surface area contributed by atoms with Gasteiger partial charge in [0, 0.05) is 37.8 Å². The molecular formula is C22H34IN5O2. The third-order valence-electron chi connectivity index (χ3n) is 4.77. The first kappa shape index (κ1) is 24.5. The Morgan fingerprint density at radius 3 is 2.87 bits per heavy atom. The third kappa shape index (κ3) is 7.79. The van der Waals surface area contributed by atoms with E-state index in [0.29, 0.717) is 13.2 Å². The standard InChI is InChI=1S/C22H33N5O2.HI/c1-4-23-22(24-9-5-10-27-15-18(3)13-26-27)25-14-19-7-6-17(2)12-21(19)29-20-8-11-28-16-20;/h6-7,12-13,15,20H,4-5,8-11,14,16H2,1-3H3,(H2,23,24,25);1H. The Kier molecular flexibility index (Phi) is 10.4. The van der Waals surface area contributed by atoms with Gasteiger partial charge < -0.3 is 20.1 Å². The van der Waals surface area contributed by atoms with Crippen molar-refractivity contribution in [3.05, 3.63) is 47.3 Å². The fourth-order valence-electron chi connectivity index (χ4n) is 3.23. The van der Waals surface area contributed by atoms with E-state index in [9.17, 15) is 0 Å². The average molecular weight is 527 g/mol. The Hall–Kier alpha value is -1.81. The molecule has 1 aliphatic heterocycles. The quantitative estimate of drug-likeness (QED) is 0.226. The van der Waals surface area contributed by atoms with Crippen LogP contribution in [-0.2, 0) is 17.8 Å². The summed E-state index contributed by atoms with van der Waals surface area (Å²) in [6, 6.07) is 6.30. The maximum Gasteiger partial charge on any atom is 0.191 e. The van der Waals surface area contributed by atoms with Gasteiger partial charge in [0.15, 0.2) is 5.96 Å². The van der Waals surface area contributed by atoms with Crippen LogP contribution in [0.25, 0.3) is 0 Å². The average Bonchev–Trinajstić information content (AvgIpc) is 3.36. The van der Waals surface area contributed by atoms with E-state index in [1.807, 2.05) is 10.9 Å². The monoisotopic (exact) mass is 527 g/mol. The molecule has 0 spiro atoms. The molecule has 0 radical (unpaired) electrons. The summed E-state index contributed by atoms with van der Waals surface area (Å²) in [5.41, 5.74) is 3.46. The number of nitrogens with one attached hydrogen (secondary N) is 2. The number of hydrogen-bond donors (Lipinski definition) is 2. The van der Waals surface area contributed by atoms with Crippen molar-refractivity contribution in [2.24, 2.45) is 4.99 Å². The Labute approximate surface area is 196 Å². The van der Waals surface area contributed by atoms with Crippen LogP contribution in [0.5, 0.6) is 5.75 Å². The Bertz CT molecular complexity index is 803. The van der Waals surface area contributed by atoms with Gasteiger partial charge in [-0.1, -0.05) is 12.1 Å². The van der Waals surface area contributed by atoms with Crippen LogP contribution in [-0.4, -0.2) is 48.1 Å².